The Morgan fingerprint density at radius 2 is 2.41 bits per heavy atom. The van der Waals surface area contributed by atoms with Crippen LogP contribution in [0.5, 0.6) is 0 Å². The number of halogens is 1. The molecule has 2 N–H and O–H groups in total. The van der Waals surface area contributed by atoms with Crippen molar-refractivity contribution >= 4 is 21.8 Å². The first-order chi connectivity index (χ1) is 8.11. The van der Waals surface area contributed by atoms with Crippen molar-refractivity contribution in [2.45, 2.75) is 32.4 Å². The van der Waals surface area contributed by atoms with Crippen LogP contribution >= 0.6 is 15.9 Å². The molecule has 2 rings (SSSR count). The third kappa shape index (κ3) is 2.72. The van der Waals surface area contributed by atoms with Gasteiger partial charge in [-0.1, -0.05) is 0 Å². The molecule has 1 aromatic heterocycles. The molecule has 5 heteroatoms. The van der Waals surface area contributed by atoms with E-state index >= 15 is 0 Å². The fraction of sp³-hybridized carbons (Fsp3) is 0.583. The van der Waals surface area contributed by atoms with E-state index in [-0.39, 0.29) is 11.9 Å². The average molecular weight is 300 g/mol. The van der Waals surface area contributed by atoms with Gasteiger partial charge in [0.05, 0.1) is 0 Å². The second kappa shape index (κ2) is 5.23. The number of hydrogen-bond acceptors (Lipinski definition) is 2. The summed E-state index contributed by atoms with van der Waals surface area (Å²) in [6.07, 6.45) is 3.96. The van der Waals surface area contributed by atoms with Crippen LogP contribution in [0.25, 0.3) is 0 Å². The highest BCUT2D eigenvalue weighted by molar-refractivity contribution is 9.10. The van der Waals surface area contributed by atoms with Gasteiger partial charge in [-0.15, -0.1) is 0 Å². The van der Waals surface area contributed by atoms with E-state index < -0.39 is 0 Å². The molecule has 0 saturated carbocycles. The van der Waals surface area contributed by atoms with E-state index in [9.17, 15) is 4.79 Å². The second-order valence-corrected chi connectivity index (χ2v) is 5.40. The van der Waals surface area contributed by atoms with E-state index in [1.54, 1.807) is 0 Å². The number of nitrogens with two attached hydrogens (primary N) is 1. The lowest BCUT2D eigenvalue weighted by Gasteiger charge is -2.30. The predicted molar refractivity (Wildman–Crippen MR) is 70.9 cm³/mol. The summed E-state index contributed by atoms with van der Waals surface area (Å²) in [7, 11) is 0. The molecule has 1 aliphatic heterocycles. The van der Waals surface area contributed by atoms with Gasteiger partial charge in [0.1, 0.15) is 5.69 Å². The van der Waals surface area contributed by atoms with Gasteiger partial charge in [-0.25, -0.2) is 0 Å². The molecular formula is C12H18BrN3O. The number of likely N-dealkylation sites (tertiary alicyclic amines) is 1. The maximum absolute atomic E-state index is 12.4. The second-order valence-electron chi connectivity index (χ2n) is 4.48. The summed E-state index contributed by atoms with van der Waals surface area (Å²) in [5.41, 5.74) is 6.65. The van der Waals surface area contributed by atoms with Gasteiger partial charge >= 0.3 is 0 Å². The lowest BCUT2D eigenvalue weighted by atomic mass is 10.1. The number of piperidine rings is 1. The van der Waals surface area contributed by atoms with Crippen LogP contribution in [0.4, 0.5) is 0 Å². The van der Waals surface area contributed by atoms with Gasteiger partial charge in [0.2, 0.25) is 0 Å². The standard InChI is InChI=1S/C12H18BrN3O/c1-2-15-7-9(13)6-11(15)12(17)16-5-3-4-10(14)8-16/h6-7,10H,2-5,8,14H2,1H3/t10-/m1/s1. The lowest BCUT2D eigenvalue weighted by molar-refractivity contribution is 0.0698. The van der Waals surface area contributed by atoms with Crippen molar-refractivity contribution in [2.75, 3.05) is 13.1 Å². The zero-order valence-corrected chi connectivity index (χ0v) is 11.6. The first-order valence-electron chi connectivity index (χ1n) is 6.02. The van der Waals surface area contributed by atoms with Crippen LogP contribution in [-0.4, -0.2) is 34.5 Å². The third-order valence-electron chi connectivity index (χ3n) is 3.17. The molecule has 0 radical (unpaired) electrons. The molecule has 0 spiro atoms. The lowest BCUT2D eigenvalue weighted by Crippen LogP contribution is -2.46. The Labute approximate surface area is 110 Å². The fourth-order valence-corrected chi connectivity index (χ4v) is 2.74. The van der Waals surface area contributed by atoms with E-state index in [0.29, 0.717) is 6.54 Å². The normalized spacial score (nSPS) is 20.6. The highest BCUT2D eigenvalue weighted by atomic mass is 79.9. The molecule has 0 bridgehead atoms. The zero-order valence-electron chi connectivity index (χ0n) is 10.0. The molecule has 0 aromatic carbocycles. The van der Waals surface area contributed by atoms with Gasteiger partial charge in [0.15, 0.2) is 0 Å². The van der Waals surface area contributed by atoms with Crippen molar-refractivity contribution in [3.63, 3.8) is 0 Å². The number of rotatable bonds is 2. The quantitative estimate of drug-likeness (QED) is 0.906. The summed E-state index contributed by atoms with van der Waals surface area (Å²) in [5.74, 6) is 0.0905. The molecule has 1 amide bonds. The molecule has 4 nitrogen and oxygen atoms in total. The van der Waals surface area contributed by atoms with Gasteiger partial charge in [-0.2, -0.15) is 0 Å². The number of carbonyl (C=O) groups excluding carboxylic acids is 1. The van der Waals surface area contributed by atoms with Crippen LogP contribution in [0, 0.1) is 0 Å². The summed E-state index contributed by atoms with van der Waals surface area (Å²) in [5, 5.41) is 0. The van der Waals surface area contributed by atoms with Crippen molar-refractivity contribution in [1.82, 2.24) is 9.47 Å². The van der Waals surface area contributed by atoms with Crippen molar-refractivity contribution < 1.29 is 4.79 Å². The number of aryl methyl sites for hydroxylation is 1. The van der Waals surface area contributed by atoms with Gasteiger partial charge in [0, 0.05) is 36.3 Å². The van der Waals surface area contributed by atoms with Crippen LogP contribution in [0.3, 0.4) is 0 Å². The monoisotopic (exact) mass is 299 g/mol. The van der Waals surface area contributed by atoms with E-state index in [1.807, 2.05) is 28.7 Å². The molecule has 1 saturated heterocycles. The highest BCUT2D eigenvalue weighted by Crippen LogP contribution is 2.18. The van der Waals surface area contributed by atoms with Gasteiger partial charge in [-0.3, -0.25) is 4.79 Å². The van der Waals surface area contributed by atoms with Crippen LogP contribution in [-0.2, 0) is 6.54 Å². The molecule has 1 aliphatic rings. The zero-order chi connectivity index (χ0) is 12.4. The number of hydrogen-bond donors (Lipinski definition) is 1. The molecule has 1 aromatic rings. The Kier molecular flexibility index (Phi) is 3.89. The molecule has 0 aliphatic carbocycles. The van der Waals surface area contributed by atoms with Crippen LogP contribution < -0.4 is 5.73 Å². The average Bonchev–Trinajstić information content (AvgIpc) is 2.69. The molecule has 0 unspecified atom stereocenters. The Morgan fingerprint density at radius 1 is 1.65 bits per heavy atom. The minimum absolute atomic E-state index is 0.0905. The van der Waals surface area contributed by atoms with Crippen molar-refractivity contribution in [2.24, 2.45) is 5.73 Å². The maximum Gasteiger partial charge on any atom is 0.270 e. The predicted octanol–water partition coefficient (Wildman–Crippen LogP) is 1.83. The summed E-state index contributed by atoms with van der Waals surface area (Å²) in [6.45, 7) is 4.32. The SMILES string of the molecule is CCn1cc(Br)cc1C(=O)N1CCC[C@@H](N)C1. The van der Waals surface area contributed by atoms with Gasteiger partial charge < -0.3 is 15.2 Å². The van der Waals surface area contributed by atoms with Crippen LogP contribution in [0.15, 0.2) is 16.7 Å². The number of nitrogens with zero attached hydrogens (tertiary/aromatic N) is 2. The van der Waals surface area contributed by atoms with Gasteiger partial charge in [-0.05, 0) is 41.8 Å². The Balaban J connectivity index is 2.18. The van der Waals surface area contributed by atoms with Crippen molar-refractivity contribution in [3.8, 4) is 0 Å². The Hall–Kier alpha value is -0.810. The molecular weight excluding hydrogens is 282 g/mol. The minimum atomic E-state index is 0.0905. The van der Waals surface area contributed by atoms with E-state index in [2.05, 4.69) is 15.9 Å². The summed E-state index contributed by atoms with van der Waals surface area (Å²) in [6, 6.07) is 2.01. The first-order valence-corrected chi connectivity index (χ1v) is 6.81. The highest BCUT2D eigenvalue weighted by Gasteiger charge is 2.24. The molecule has 17 heavy (non-hydrogen) atoms. The largest absolute Gasteiger partial charge is 0.343 e. The summed E-state index contributed by atoms with van der Waals surface area (Å²) in [4.78, 5) is 14.2. The van der Waals surface area contributed by atoms with Crippen molar-refractivity contribution in [3.05, 3.63) is 22.4 Å². The minimum Gasteiger partial charge on any atom is -0.343 e. The van der Waals surface area contributed by atoms with E-state index in [1.165, 1.54) is 0 Å². The molecule has 1 fully saturated rings. The fourth-order valence-electron chi connectivity index (χ4n) is 2.27. The number of amides is 1. The third-order valence-corrected chi connectivity index (χ3v) is 3.60. The molecule has 94 valence electrons. The molecule has 1 atom stereocenters. The smallest absolute Gasteiger partial charge is 0.270 e. The Morgan fingerprint density at radius 3 is 3.06 bits per heavy atom. The number of aromatic nitrogens is 1. The molecule has 2 heterocycles. The van der Waals surface area contributed by atoms with E-state index in [0.717, 1.165) is 36.1 Å². The summed E-state index contributed by atoms with van der Waals surface area (Å²) >= 11 is 3.41. The van der Waals surface area contributed by atoms with E-state index in [4.69, 9.17) is 5.73 Å². The summed E-state index contributed by atoms with van der Waals surface area (Å²) < 4.78 is 2.91. The van der Waals surface area contributed by atoms with Crippen LogP contribution in [0.2, 0.25) is 0 Å². The van der Waals surface area contributed by atoms with Crippen LogP contribution in [0.1, 0.15) is 30.3 Å². The number of carbonyl (C=O) groups is 1. The van der Waals surface area contributed by atoms with Gasteiger partial charge in [0.25, 0.3) is 5.91 Å². The topological polar surface area (TPSA) is 51.3 Å². The Bertz CT molecular complexity index is 416. The van der Waals surface area contributed by atoms with Crippen molar-refractivity contribution in [1.29, 1.82) is 0 Å². The first kappa shape index (κ1) is 12.6. The maximum atomic E-state index is 12.4.